The lowest BCUT2D eigenvalue weighted by Crippen LogP contribution is -3.21. The van der Waals surface area contributed by atoms with Gasteiger partial charge in [-0.3, -0.25) is 0 Å². The summed E-state index contributed by atoms with van der Waals surface area (Å²) in [5.74, 6) is 0.669. The summed E-state index contributed by atoms with van der Waals surface area (Å²) in [6, 6.07) is 7.67. The molecule has 1 N–H and O–H groups in total. The number of rotatable bonds is 2. The van der Waals surface area contributed by atoms with Gasteiger partial charge in [-0.25, -0.2) is 4.39 Å². The third kappa shape index (κ3) is 1.47. The first-order valence-electron chi connectivity index (χ1n) is 7.01. The molecule has 1 aromatic rings. The van der Waals surface area contributed by atoms with E-state index in [1.54, 1.807) is 17.0 Å². The first-order chi connectivity index (χ1) is 8.79. The molecule has 4 aliphatic rings. The lowest BCUT2D eigenvalue weighted by atomic mass is 9.72. The minimum atomic E-state index is -0.0599. The summed E-state index contributed by atoms with van der Waals surface area (Å²) in [5.41, 5.74) is 0.964. The topological polar surface area (TPSA) is 17.0 Å². The van der Waals surface area contributed by atoms with Gasteiger partial charge in [-0.15, -0.1) is 0 Å². The second-order valence-electron chi connectivity index (χ2n) is 6.02. The fraction of sp³-hybridized carbons (Fsp3) is 0.600. The van der Waals surface area contributed by atoms with Crippen LogP contribution in [0, 0.1) is 11.7 Å². The van der Waals surface area contributed by atoms with E-state index >= 15 is 0 Å². The lowest BCUT2D eigenvalue weighted by molar-refractivity contribution is -0.946. The molecule has 0 aliphatic carbocycles. The number of quaternary nitrogens is 1. The number of hydrogen-bond donors (Lipinski definition) is 1. The Labute approximate surface area is 107 Å². The number of epoxide rings is 1. The molecule has 0 amide bonds. The van der Waals surface area contributed by atoms with Crippen LogP contribution in [0.25, 0.3) is 0 Å². The smallest absolute Gasteiger partial charge is 0.146 e. The van der Waals surface area contributed by atoms with E-state index < -0.39 is 0 Å². The highest BCUT2D eigenvalue weighted by Crippen LogP contribution is 2.45. The molecule has 2 atom stereocenters. The Morgan fingerprint density at radius 1 is 1.28 bits per heavy atom. The molecule has 4 heterocycles. The Balaban J connectivity index is 1.63. The standard InChI is InChI=1S/C15H18FNO/c16-13-4-2-1-3-11(13)9-14-15(10-18-15)12-5-7-17(14)8-6-12/h1-4,12,14H,5-10H2/p+1/t14-,15-/m1/s1. The fourth-order valence-electron chi connectivity index (χ4n) is 4.18. The van der Waals surface area contributed by atoms with Gasteiger partial charge >= 0.3 is 0 Å². The molecule has 5 rings (SSSR count). The second-order valence-corrected chi connectivity index (χ2v) is 6.02. The number of hydrogen-bond acceptors (Lipinski definition) is 1. The zero-order valence-corrected chi connectivity index (χ0v) is 10.5. The van der Waals surface area contributed by atoms with E-state index in [2.05, 4.69) is 0 Å². The average Bonchev–Trinajstić information content (AvgIpc) is 3.18. The number of nitrogens with one attached hydrogen (secondary N) is 1. The van der Waals surface area contributed by atoms with Gasteiger partial charge < -0.3 is 9.64 Å². The maximum absolute atomic E-state index is 13.8. The van der Waals surface area contributed by atoms with E-state index in [4.69, 9.17) is 4.74 Å². The molecular formula is C15H19FNO+. The lowest BCUT2D eigenvalue weighted by Gasteiger charge is -2.47. The summed E-state index contributed by atoms with van der Waals surface area (Å²) in [5, 5.41) is 0. The van der Waals surface area contributed by atoms with Gasteiger partial charge in [-0.1, -0.05) is 18.2 Å². The van der Waals surface area contributed by atoms with Gasteiger partial charge in [-0.2, -0.15) is 0 Å². The number of ether oxygens (including phenoxy) is 1. The molecular weight excluding hydrogens is 229 g/mol. The van der Waals surface area contributed by atoms with Crippen LogP contribution in [0.5, 0.6) is 0 Å². The van der Waals surface area contributed by atoms with E-state index in [0.29, 0.717) is 6.04 Å². The van der Waals surface area contributed by atoms with Gasteiger partial charge in [-0.05, 0) is 11.6 Å². The second kappa shape index (κ2) is 3.78. The fourth-order valence-corrected chi connectivity index (χ4v) is 4.18. The van der Waals surface area contributed by atoms with Crippen molar-refractivity contribution in [1.82, 2.24) is 0 Å². The Bertz CT molecular complexity index is 463. The number of fused-ring (bicyclic) bond motifs is 2. The predicted molar refractivity (Wildman–Crippen MR) is 66.0 cm³/mol. The van der Waals surface area contributed by atoms with Crippen molar-refractivity contribution in [2.45, 2.75) is 30.9 Å². The molecule has 3 heteroatoms. The SMILES string of the molecule is Fc1ccccc1C[C@H]1[NH+]2CCC(CC2)[C@]12CO2. The van der Waals surface area contributed by atoms with Crippen molar-refractivity contribution < 1.29 is 14.0 Å². The Morgan fingerprint density at radius 2 is 2.00 bits per heavy atom. The number of halogens is 1. The van der Waals surface area contributed by atoms with E-state index in [1.165, 1.54) is 25.9 Å². The summed E-state index contributed by atoms with van der Waals surface area (Å²) < 4.78 is 19.7. The third-order valence-electron chi connectivity index (χ3n) is 5.26. The molecule has 0 radical (unpaired) electrons. The van der Waals surface area contributed by atoms with Crippen molar-refractivity contribution >= 4 is 0 Å². The molecule has 4 fully saturated rings. The summed E-state index contributed by atoms with van der Waals surface area (Å²) in [4.78, 5) is 1.64. The molecule has 1 aromatic carbocycles. The Hall–Kier alpha value is -0.930. The maximum atomic E-state index is 13.8. The maximum Gasteiger partial charge on any atom is 0.146 e. The van der Waals surface area contributed by atoms with Crippen molar-refractivity contribution in [3.63, 3.8) is 0 Å². The average molecular weight is 248 g/mol. The van der Waals surface area contributed by atoms with Crippen LogP contribution in [-0.4, -0.2) is 31.3 Å². The molecule has 0 unspecified atom stereocenters. The quantitative estimate of drug-likeness (QED) is 0.767. The number of benzene rings is 1. The summed E-state index contributed by atoms with van der Waals surface area (Å²) >= 11 is 0. The van der Waals surface area contributed by atoms with Crippen LogP contribution < -0.4 is 4.90 Å². The van der Waals surface area contributed by atoms with Crippen LogP contribution in [0.1, 0.15) is 18.4 Å². The monoisotopic (exact) mass is 248 g/mol. The van der Waals surface area contributed by atoms with Crippen LogP contribution >= 0.6 is 0 Å². The van der Waals surface area contributed by atoms with Gasteiger partial charge in [0.05, 0.1) is 19.7 Å². The molecule has 4 aliphatic heterocycles. The normalized spacial score (nSPS) is 41.3. The zero-order chi connectivity index (χ0) is 12.2. The largest absolute Gasteiger partial charge is 0.363 e. The summed E-state index contributed by atoms with van der Waals surface area (Å²) in [6.45, 7) is 3.39. The predicted octanol–water partition coefficient (Wildman–Crippen LogP) is 0.814. The van der Waals surface area contributed by atoms with Crippen LogP contribution in [0.15, 0.2) is 24.3 Å². The number of piperidine rings is 3. The Kier molecular flexibility index (Phi) is 2.30. The van der Waals surface area contributed by atoms with Gasteiger partial charge in [0.15, 0.2) is 0 Å². The van der Waals surface area contributed by atoms with E-state index in [0.717, 1.165) is 24.5 Å². The highest BCUT2D eigenvalue weighted by Gasteiger charge is 2.65. The Morgan fingerprint density at radius 3 is 2.67 bits per heavy atom. The highest BCUT2D eigenvalue weighted by molar-refractivity contribution is 5.21. The molecule has 2 bridgehead atoms. The van der Waals surface area contributed by atoms with Crippen molar-refractivity contribution in [2.75, 3.05) is 19.7 Å². The van der Waals surface area contributed by atoms with Gasteiger partial charge in [0.25, 0.3) is 0 Å². The molecule has 96 valence electrons. The van der Waals surface area contributed by atoms with Gasteiger partial charge in [0, 0.05) is 25.2 Å². The van der Waals surface area contributed by atoms with Crippen molar-refractivity contribution in [2.24, 2.45) is 5.92 Å². The summed E-state index contributed by atoms with van der Waals surface area (Å²) in [6.07, 6.45) is 3.42. The van der Waals surface area contributed by atoms with Crippen LogP contribution in [0.2, 0.25) is 0 Å². The van der Waals surface area contributed by atoms with E-state index in [-0.39, 0.29) is 11.4 Å². The van der Waals surface area contributed by atoms with E-state index in [9.17, 15) is 4.39 Å². The van der Waals surface area contributed by atoms with Crippen molar-refractivity contribution in [3.8, 4) is 0 Å². The molecule has 2 nitrogen and oxygen atoms in total. The molecule has 0 saturated carbocycles. The molecule has 0 aromatic heterocycles. The van der Waals surface area contributed by atoms with Crippen molar-refractivity contribution in [1.29, 1.82) is 0 Å². The van der Waals surface area contributed by atoms with Crippen LogP contribution in [0.4, 0.5) is 4.39 Å². The minimum Gasteiger partial charge on any atom is -0.363 e. The highest BCUT2D eigenvalue weighted by atomic mass is 19.1. The third-order valence-corrected chi connectivity index (χ3v) is 5.26. The molecule has 1 spiro atoms. The van der Waals surface area contributed by atoms with E-state index in [1.807, 2.05) is 12.1 Å². The van der Waals surface area contributed by atoms with Crippen LogP contribution in [-0.2, 0) is 11.2 Å². The van der Waals surface area contributed by atoms with Crippen LogP contribution in [0.3, 0.4) is 0 Å². The molecule has 18 heavy (non-hydrogen) atoms. The first kappa shape index (κ1) is 10.9. The van der Waals surface area contributed by atoms with Gasteiger partial charge in [0.2, 0.25) is 0 Å². The molecule has 4 saturated heterocycles. The van der Waals surface area contributed by atoms with Gasteiger partial charge in [0.1, 0.15) is 17.5 Å². The zero-order valence-electron chi connectivity index (χ0n) is 10.5. The van der Waals surface area contributed by atoms with Crippen molar-refractivity contribution in [3.05, 3.63) is 35.6 Å². The first-order valence-corrected chi connectivity index (χ1v) is 7.01. The summed E-state index contributed by atoms with van der Waals surface area (Å²) in [7, 11) is 0. The minimum absolute atomic E-state index is 0.0599.